The number of nitriles is 1. The first-order chi connectivity index (χ1) is 11.8. The maximum atomic E-state index is 9.00. The fourth-order valence-corrected chi connectivity index (χ4v) is 2.40. The second kappa shape index (κ2) is 7.42. The fourth-order valence-electron chi connectivity index (χ4n) is 2.40. The van der Waals surface area contributed by atoms with E-state index in [-0.39, 0.29) is 0 Å². The lowest BCUT2D eigenvalue weighted by Crippen LogP contribution is -2.09. The zero-order valence-corrected chi connectivity index (χ0v) is 13.5. The van der Waals surface area contributed by atoms with Gasteiger partial charge in [0.15, 0.2) is 0 Å². The summed E-state index contributed by atoms with van der Waals surface area (Å²) in [4.78, 5) is 8.64. The van der Waals surface area contributed by atoms with Crippen LogP contribution in [-0.4, -0.2) is 23.1 Å². The van der Waals surface area contributed by atoms with Crippen LogP contribution >= 0.6 is 0 Å². The summed E-state index contributed by atoms with van der Waals surface area (Å²) in [7, 11) is 0. The lowest BCUT2D eigenvalue weighted by Gasteiger charge is -2.10. The van der Waals surface area contributed by atoms with Gasteiger partial charge in [0.25, 0.3) is 0 Å². The summed E-state index contributed by atoms with van der Waals surface area (Å²) in [5, 5.41) is 13.3. The Balaban J connectivity index is 1.51. The number of rotatable bonds is 6. The van der Waals surface area contributed by atoms with Gasteiger partial charge in [-0.15, -0.1) is 0 Å². The molecule has 0 atom stereocenters. The van der Waals surface area contributed by atoms with E-state index in [4.69, 9.17) is 10.00 Å². The summed E-state index contributed by atoms with van der Waals surface area (Å²) in [5.74, 6) is 1.51. The highest BCUT2D eigenvalue weighted by Crippen LogP contribution is 2.22. The third-order valence-corrected chi connectivity index (χ3v) is 3.68. The molecule has 0 aliphatic heterocycles. The van der Waals surface area contributed by atoms with E-state index in [0.29, 0.717) is 18.1 Å². The third-order valence-electron chi connectivity index (χ3n) is 3.68. The quantitative estimate of drug-likeness (QED) is 0.702. The van der Waals surface area contributed by atoms with Gasteiger partial charge in [0.2, 0.25) is 0 Å². The molecule has 3 rings (SSSR count). The molecule has 0 unspecified atom stereocenters. The Morgan fingerprint density at radius 2 is 2.04 bits per heavy atom. The number of ether oxygens (including phenoxy) is 1. The van der Waals surface area contributed by atoms with Crippen LogP contribution in [0.5, 0.6) is 5.75 Å². The van der Waals surface area contributed by atoms with Crippen LogP contribution in [0.25, 0.3) is 10.9 Å². The molecule has 120 valence electrons. The second-order valence-corrected chi connectivity index (χ2v) is 5.43. The Morgan fingerprint density at radius 3 is 2.92 bits per heavy atom. The Labute approximate surface area is 140 Å². The Kier molecular flexibility index (Phi) is 4.87. The van der Waals surface area contributed by atoms with Crippen molar-refractivity contribution in [2.24, 2.45) is 0 Å². The van der Waals surface area contributed by atoms with Crippen molar-refractivity contribution in [1.29, 1.82) is 5.26 Å². The number of aryl methyl sites for hydroxylation is 1. The van der Waals surface area contributed by atoms with E-state index in [1.807, 2.05) is 49.4 Å². The average Bonchev–Trinajstić information content (AvgIpc) is 2.63. The molecule has 0 saturated heterocycles. The first-order valence-corrected chi connectivity index (χ1v) is 7.86. The average molecular weight is 318 g/mol. The summed E-state index contributed by atoms with van der Waals surface area (Å²) in [6.45, 7) is 3.18. The van der Waals surface area contributed by atoms with E-state index < -0.39 is 0 Å². The SMILES string of the molecule is Cc1ccc(NCCCOc2cccc3cccnc23)nc1C#N. The molecule has 1 aromatic carbocycles. The molecule has 2 aromatic heterocycles. The molecule has 1 N–H and O–H groups in total. The first kappa shape index (κ1) is 15.8. The zero-order valence-electron chi connectivity index (χ0n) is 13.5. The van der Waals surface area contributed by atoms with E-state index in [0.717, 1.165) is 35.2 Å². The number of hydrogen-bond donors (Lipinski definition) is 1. The van der Waals surface area contributed by atoms with E-state index in [9.17, 15) is 0 Å². The van der Waals surface area contributed by atoms with Crippen molar-refractivity contribution in [2.45, 2.75) is 13.3 Å². The number of aromatic nitrogens is 2. The van der Waals surface area contributed by atoms with E-state index in [2.05, 4.69) is 21.4 Å². The van der Waals surface area contributed by atoms with Gasteiger partial charge in [-0.25, -0.2) is 4.98 Å². The molecule has 0 aliphatic carbocycles. The number of nitrogens with zero attached hydrogens (tertiary/aromatic N) is 3. The normalized spacial score (nSPS) is 10.3. The van der Waals surface area contributed by atoms with Gasteiger partial charge >= 0.3 is 0 Å². The van der Waals surface area contributed by atoms with Crippen LogP contribution in [0.4, 0.5) is 5.82 Å². The maximum Gasteiger partial charge on any atom is 0.145 e. The molecule has 3 aromatic rings. The molecule has 0 aliphatic rings. The summed E-state index contributed by atoms with van der Waals surface area (Å²) in [5.41, 5.74) is 2.22. The Morgan fingerprint density at radius 1 is 1.17 bits per heavy atom. The summed E-state index contributed by atoms with van der Waals surface area (Å²) in [6.07, 6.45) is 2.59. The predicted molar refractivity (Wildman–Crippen MR) is 94.0 cm³/mol. The zero-order chi connectivity index (χ0) is 16.8. The highest BCUT2D eigenvalue weighted by Gasteiger charge is 2.03. The Bertz CT molecular complexity index is 881. The number of nitrogens with one attached hydrogen (secondary N) is 1. The van der Waals surface area contributed by atoms with Gasteiger partial charge in [-0.3, -0.25) is 4.98 Å². The van der Waals surface area contributed by atoms with E-state index in [1.165, 1.54) is 0 Å². The molecular weight excluding hydrogens is 300 g/mol. The van der Waals surface area contributed by atoms with Crippen LogP contribution < -0.4 is 10.1 Å². The number of benzene rings is 1. The fraction of sp³-hybridized carbons (Fsp3) is 0.211. The molecule has 0 fully saturated rings. The van der Waals surface area contributed by atoms with E-state index in [1.54, 1.807) is 6.20 Å². The van der Waals surface area contributed by atoms with Crippen molar-refractivity contribution >= 4 is 16.7 Å². The highest BCUT2D eigenvalue weighted by atomic mass is 16.5. The molecule has 5 nitrogen and oxygen atoms in total. The van der Waals surface area contributed by atoms with Crippen molar-refractivity contribution in [3.63, 3.8) is 0 Å². The van der Waals surface area contributed by atoms with Crippen molar-refractivity contribution in [3.05, 3.63) is 59.9 Å². The van der Waals surface area contributed by atoms with Gasteiger partial charge in [0.1, 0.15) is 28.8 Å². The molecule has 5 heteroatoms. The van der Waals surface area contributed by atoms with Crippen molar-refractivity contribution in [3.8, 4) is 11.8 Å². The summed E-state index contributed by atoms with van der Waals surface area (Å²) < 4.78 is 5.85. The molecule has 0 radical (unpaired) electrons. The van der Waals surface area contributed by atoms with Crippen molar-refractivity contribution in [1.82, 2.24) is 9.97 Å². The molecular formula is C19H18N4O. The van der Waals surface area contributed by atoms with Crippen LogP contribution in [0.1, 0.15) is 17.7 Å². The van der Waals surface area contributed by atoms with Crippen LogP contribution in [0, 0.1) is 18.3 Å². The summed E-state index contributed by atoms with van der Waals surface area (Å²) in [6, 6.07) is 15.7. The standard InChI is InChI=1S/C19H18N4O/c1-14-8-9-18(23-16(14)13-20)21-11-4-12-24-17-7-2-5-15-6-3-10-22-19(15)17/h2-3,5-10H,4,11-12H2,1H3,(H,21,23). The topological polar surface area (TPSA) is 70.8 Å². The molecule has 2 heterocycles. The van der Waals surface area contributed by atoms with Crippen LogP contribution in [-0.2, 0) is 0 Å². The van der Waals surface area contributed by atoms with Crippen LogP contribution in [0.3, 0.4) is 0 Å². The van der Waals surface area contributed by atoms with Gasteiger partial charge in [-0.05, 0) is 37.1 Å². The van der Waals surface area contributed by atoms with Gasteiger partial charge < -0.3 is 10.1 Å². The minimum atomic E-state index is 0.457. The first-order valence-electron chi connectivity index (χ1n) is 7.86. The second-order valence-electron chi connectivity index (χ2n) is 5.43. The van der Waals surface area contributed by atoms with Gasteiger partial charge in [0, 0.05) is 18.1 Å². The van der Waals surface area contributed by atoms with Gasteiger partial charge in [-0.2, -0.15) is 5.26 Å². The van der Waals surface area contributed by atoms with Crippen molar-refractivity contribution < 1.29 is 4.74 Å². The molecule has 0 saturated carbocycles. The van der Waals surface area contributed by atoms with Gasteiger partial charge in [-0.1, -0.05) is 24.3 Å². The van der Waals surface area contributed by atoms with Crippen LogP contribution in [0.15, 0.2) is 48.7 Å². The van der Waals surface area contributed by atoms with Crippen LogP contribution in [0.2, 0.25) is 0 Å². The summed E-state index contributed by atoms with van der Waals surface area (Å²) >= 11 is 0. The van der Waals surface area contributed by atoms with Crippen molar-refractivity contribution in [2.75, 3.05) is 18.5 Å². The number of fused-ring (bicyclic) bond motifs is 1. The number of para-hydroxylation sites is 1. The molecule has 0 bridgehead atoms. The minimum absolute atomic E-state index is 0.457. The molecule has 24 heavy (non-hydrogen) atoms. The predicted octanol–water partition coefficient (Wildman–Crippen LogP) is 3.69. The maximum absolute atomic E-state index is 9.00. The van der Waals surface area contributed by atoms with Gasteiger partial charge in [0.05, 0.1) is 6.61 Å². The molecule has 0 spiro atoms. The highest BCUT2D eigenvalue weighted by molar-refractivity contribution is 5.84. The Hall–Kier alpha value is -3.13. The number of pyridine rings is 2. The van der Waals surface area contributed by atoms with E-state index >= 15 is 0 Å². The molecule has 0 amide bonds. The lowest BCUT2D eigenvalue weighted by atomic mass is 10.2. The number of hydrogen-bond acceptors (Lipinski definition) is 5. The monoisotopic (exact) mass is 318 g/mol. The third kappa shape index (κ3) is 3.61. The lowest BCUT2D eigenvalue weighted by molar-refractivity contribution is 0.318. The smallest absolute Gasteiger partial charge is 0.145 e. The number of anilines is 1. The minimum Gasteiger partial charge on any atom is -0.491 e. The largest absolute Gasteiger partial charge is 0.491 e.